The standard InChI is InChI=1S/C23H23N5O/c1-13-4-7-17(25-22-11-20(26-27-22)15-5-6-15)10-18(13)19-9-16-12-24-14(2)8-21(16)28(3)23(19)29/h4,7-12,15H,5-6H2,1-3H3,(H2,25,26,27). The van der Waals surface area contributed by atoms with Gasteiger partial charge in [-0.1, -0.05) is 6.07 Å². The number of nitrogens with zero attached hydrogens (tertiary/aromatic N) is 3. The van der Waals surface area contributed by atoms with Gasteiger partial charge in [0.15, 0.2) is 5.82 Å². The highest BCUT2D eigenvalue weighted by Gasteiger charge is 2.25. The minimum Gasteiger partial charge on any atom is -0.339 e. The summed E-state index contributed by atoms with van der Waals surface area (Å²) in [6.45, 7) is 3.96. The summed E-state index contributed by atoms with van der Waals surface area (Å²) in [6, 6.07) is 12.0. The van der Waals surface area contributed by atoms with E-state index in [1.54, 1.807) is 4.57 Å². The van der Waals surface area contributed by atoms with Crippen LogP contribution < -0.4 is 10.9 Å². The van der Waals surface area contributed by atoms with Gasteiger partial charge < -0.3 is 9.88 Å². The van der Waals surface area contributed by atoms with Gasteiger partial charge in [0.25, 0.3) is 5.56 Å². The van der Waals surface area contributed by atoms with Crippen LogP contribution in [-0.4, -0.2) is 19.7 Å². The SMILES string of the molecule is Cc1cc2c(cn1)cc(-c1cc(Nc3cc(C4CC4)[nH]n3)ccc1C)c(=O)n2C. The van der Waals surface area contributed by atoms with E-state index in [1.807, 2.05) is 57.4 Å². The minimum atomic E-state index is -0.0147. The van der Waals surface area contributed by atoms with Crippen LogP contribution in [0.4, 0.5) is 11.5 Å². The lowest BCUT2D eigenvalue weighted by Gasteiger charge is -2.13. The Bertz CT molecular complexity index is 1300. The second kappa shape index (κ2) is 6.58. The molecule has 1 aliphatic carbocycles. The molecule has 29 heavy (non-hydrogen) atoms. The molecule has 1 aliphatic rings. The molecule has 3 aromatic heterocycles. The zero-order valence-electron chi connectivity index (χ0n) is 16.8. The minimum absolute atomic E-state index is 0.0147. The highest BCUT2D eigenvalue weighted by Crippen LogP contribution is 2.39. The molecule has 4 aromatic rings. The monoisotopic (exact) mass is 385 g/mol. The van der Waals surface area contributed by atoms with Crippen LogP contribution in [0.3, 0.4) is 0 Å². The third-order valence-electron chi connectivity index (χ3n) is 5.66. The summed E-state index contributed by atoms with van der Waals surface area (Å²) in [4.78, 5) is 17.5. The topological polar surface area (TPSA) is 75.6 Å². The number of aryl methyl sites for hydroxylation is 3. The molecule has 3 heterocycles. The number of aromatic amines is 1. The fourth-order valence-corrected chi connectivity index (χ4v) is 3.80. The Kier molecular flexibility index (Phi) is 4.01. The molecule has 1 aromatic carbocycles. The van der Waals surface area contributed by atoms with Crippen molar-refractivity contribution in [2.75, 3.05) is 5.32 Å². The quantitative estimate of drug-likeness (QED) is 0.540. The molecule has 6 nitrogen and oxygen atoms in total. The van der Waals surface area contributed by atoms with E-state index < -0.39 is 0 Å². The lowest BCUT2D eigenvalue weighted by Crippen LogP contribution is -2.19. The summed E-state index contributed by atoms with van der Waals surface area (Å²) in [5.74, 6) is 1.43. The Hall–Kier alpha value is -3.41. The first-order valence-electron chi connectivity index (χ1n) is 9.89. The van der Waals surface area contributed by atoms with Crippen LogP contribution in [0.25, 0.3) is 22.0 Å². The summed E-state index contributed by atoms with van der Waals surface area (Å²) >= 11 is 0. The van der Waals surface area contributed by atoms with E-state index in [4.69, 9.17) is 0 Å². The van der Waals surface area contributed by atoms with E-state index >= 15 is 0 Å². The van der Waals surface area contributed by atoms with Crippen LogP contribution in [0.1, 0.15) is 35.7 Å². The number of anilines is 2. The van der Waals surface area contributed by atoms with Crippen LogP contribution in [0.15, 0.2) is 47.4 Å². The molecular weight excluding hydrogens is 362 g/mol. The Morgan fingerprint density at radius 1 is 1.10 bits per heavy atom. The van der Waals surface area contributed by atoms with Gasteiger partial charge in [0, 0.05) is 53.3 Å². The molecular formula is C23H23N5O. The van der Waals surface area contributed by atoms with Crippen LogP contribution in [0.5, 0.6) is 0 Å². The first kappa shape index (κ1) is 17.7. The Labute approximate surface area is 168 Å². The number of H-pyrrole nitrogens is 1. The number of benzene rings is 1. The van der Waals surface area contributed by atoms with Gasteiger partial charge in [-0.05, 0) is 62.1 Å². The lowest BCUT2D eigenvalue weighted by atomic mass is 9.99. The van der Waals surface area contributed by atoms with Gasteiger partial charge in [-0.3, -0.25) is 14.9 Å². The summed E-state index contributed by atoms with van der Waals surface area (Å²) in [6.07, 6.45) is 4.29. The van der Waals surface area contributed by atoms with Gasteiger partial charge in [-0.2, -0.15) is 5.10 Å². The van der Waals surface area contributed by atoms with Crippen LogP contribution >= 0.6 is 0 Å². The number of nitrogens with one attached hydrogen (secondary N) is 2. The number of pyridine rings is 2. The summed E-state index contributed by atoms with van der Waals surface area (Å²) in [7, 11) is 1.81. The maximum Gasteiger partial charge on any atom is 0.258 e. The van der Waals surface area contributed by atoms with Crippen LogP contribution in [0, 0.1) is 13.8 Å². The number of aromatic nitrogens is 4. The fourth-order valence-electron chi connectivity index (χ4n) is 3.80. The van der Waals surface area contributed by atoms with Gasteiger partial charge in [0.05, 0.1) is 5.52 Å². The smallest absolute Gasteiger partial charge is 0.258 e. The molecule has 0 amide bonds. The number of rotatable bonds is 4. The van der Waals surface area contributed by atoms with Gasteiger partial charge in [-0.15, -0.1) is 0 Å². The Balaban J connectivity index is 1.56. The molecule has 0 aliphatic heterocycles. The predicted octanol–water partition coefficient (Wildman–Crippen LogP) is 4.56. The fraction of sp³-hybridized carbons (Fsp3) is 0.261. The van der Waals surface area contributed by atoms with Crippen LogP contribution in [-0.2, 0) is 7.05 Å². The molecule has 0 saturated heterocycles. The molecule has 1 saturated carbocycles. The van der Waals surface area contributed by atoms with Crippen molar-refractivity contribution >= 4 is 22.4 Å². The highest BCUT2D eigenvalue weighted by molar-refractivity contribution is 5.85. The largest absolute Gasteiger partial charge is 0.339 e. The van der Waals surface area contributed by atoms with Crippen molar-refractivity contribution in [3.63, 3.8) is 0 Å². The molecule has 5 rings (SSSR count). The maximum absolute atomic E-state index is 13.1. The molecule has 0 bridgehead atoms. The lowest BCUT2D eigenvalue weighted by molar-refractivity contribution is 0.905. The molecule has 6 heteroatoms. The molecule has 0 radical (unpaired) electrons. The molecule has 0 spiro atoms. The van der Waals surface area contributed by atoms with Gasteiger partial charge in [0.2, 0.25) is 0 Å². The second-order valence-corrected chi connectivity index (χ2v) is 7.94. The van der Waals surface area contributed by atoms with E-state index in [1.165, 1.54) is 18.5 Å². The third kappa shape index (κ3) is 3.20. The van der Waals surface area contributed by atoms with Gasteiger partial charge >= 0.3 is 0 Å². The van der Waals surface area contributed by atoms with E-state index in [0.717, 1.165) is 39.2 Å². The zero-order valence-corrected chi connectivity index (χ0v) is 16.8. The van der Waals surface area contributed by atoms with Crippen molar-refractivity contribution in [2.45, 2.75) is 32.6 Å². The third-order valence-corrected chi connectivity index (χ3v) is 5.66. The molecule has 1 fully saturated rings. The Morgan fingerprint density at radius 2 is 1.93 bits per heavy atom. The van der Waals surface area contributed by atoms with E-state index in [0.29, 0.717) is 11.5 Å². The number of hydrogen-bond acceptors (Lipinski definition) is 4. The predicted molar refractivity (Wildman–Crippen MR) is 116 cm³/mol. The average molecular weight is 385 g/mol. The van der Waals surface area contributed by atoms with E-state index in [2.05, 4.69) is 26.6 Å². The maximum atomic E-state index is 13.1. The van der Waals surface area contributed by atoms with Crippen molar-refractivity contribution in [1.82, 2.24) is 19.7 Å². The van der Waals surface area contributed by atoms with Gasteiger partial charge in [0.1, 0.15) is 0 Å². The molecule has 2 N–H and O–H groups in total. The molecule has 0 unspecified atom stereocenters. The summed E-state index contributed by atoms with van der Waals surface area (Å²) < 4.78 is 1.70. The van der Waals surface area contributed by atoms with Crippen LogP contribution in [0.2, 0.25) is 0 Å². The zero-order chi connectivity index (χ0) is 20.1. The van der Waals surface area contributed by atoms with Crippen molar-refractivity contribution in [2.24, 2.45) is 7.05 Å². The molecule has 146 valence electrons. The van der Waals surface area contributed by atoms with E-state index in [9.17, 15) is 4.79 Å². The van der Waals surface area contributed by atoms with Crippen molar-refractivity contribution in [3.05, 3.63) is 69.9 Å². The van der Waals surface area contributed by atoms with Gasteiger partial charge in [-0.25, -0.2) is 0 Å². The number of hydrogen-bond donors (Lipinski definition) is 2. The highest BCUT2D eigenvalue weighted by atomic mass is 16.1. The summed E-state index contributed by atoms with van der Waals surface area (Å²) in [5, 5.41) is 11.8. The normalized spacial score (nSPS) is 13.8. The molecule has 0 atom stereocenters. The first-order chi connectivity index (χ1) is 14.0. The first-order valence-corrected chi connectivity index (χ1v) is 9.89. The Morgan fingerprint density at radius 3 is 2.72 bits per heavy atom. The van der Waals surface area contributed by atoms with Crippen molar-refractivity contribution < 1.29 is 0 Å². The van der Waals surface area contributed by atoms with Crippen molar-refractivity contribution in [1.29, 1.82) is 0 Å². The van der Waals surface area contributed by atoms with E-state index in [-0.39, 0.29) is 5.56 Å². The van der Waals surface area contributed by atoms with Crippen molar-refractivity contribution in [3.8, 4) is 11.1 Å². The average Bonchev–Trinajstić information content (AvgIpc) is 3.46. The summed E-state index contributed by atoms with van der Waals surface area (Å²) in [5.41, 5.74) is 6.50. The number of fused-ring (bicyclic) bond motifs is 1. The second-order valence-electron chi connectivity index (χ2n) is 7.94.